The number of carbonyl (C=O) groups is 2. The van der Waals surface area contributed by atoms with Gasteiger partial charge >= 0.3 is 5.97 Å². The van der Waals surface area contributed by atoms with Gasteiger partial charge in [-0.3, -0.25) is 9.59 Å². The molecule has 0 atom stereocenters. The number of amides is 1. The predicted molar refractivity (Wildman–Crippen MR) is 92.1 cm³/mol. The number of sulfonamides is 1. The second-order valence-electron chi connectivity index (χ2n) is 5.52. The summed E-state index contributed by atoms with van der Waals surface area (Å²) < 4.78 is 53.3. The minimum absolute atomic E-state index is 0.0430. The standard InChI is InChI=1S/C17H16F2N2O5S/c18-12-4-7-15(14(19)9-12)21-16(22)10-26-17(23)8-3-11-1-5-13(6-2-11)27(20,24)25/h1-2,4-7,9H,3,8,10H2,(H,21,22)(H2,20,24,25). The van der Waals surface area contributed by atoms with E-state index in [1.54, 1.807) is 0 Å². The lowest BCUT2D eigenvalue weighted by Crippen LogP contribution is -2.21. The van der Waals surface area contributed by atoms with Crippen LogP contribution in [0.3, 0.4) is 0 Å². The van der Waals surface area contributed by atoms with Crippen molar-refractivity contribution in [2.24, 2.45) is 5.14 Å². The van der Waals surface area contributed by atoms with Crippen molar-refractivity contribution < 1.29 is 31.5 Å². The van der Waals surface area contributed by atoms with Crippen LogP contribution in [-0.2, 0) is 30.8 Å². The van der Waals surface area contributed by atoms with E-state index in [1.807, 2.05) is 0 Å². The number of primary sulfonamides is 1. The number of aryl methyl sites for hydroxylation is 1. The van der Waals surface area contributed by atoms with Crippen molar-refractivity contribution in [3.05, 3.63) is 59.7 Å². The van der Waals surface area contributed by atoms with E-state index in [4.69, 9.17) is 9.88 Å². The van der Waals surface area contributed by atoms with Crippen molar-refractivity contribution in [2.45, 2.75) is 17.7 Å². The second-order valence-corrected chi connectivity index (χ2v) is 7.08. The van der Waals surface area contributed by atoms with Crippen LogP contribution < -0.4 is 10.5 Å². The fourth-order valence-corrected chi connectivity index (χ4v) is 2.60. The van der Waals surface area contributed by atoms with Gasteiger partial charge in [-0.2, -0.15) is 0 Å². The molecular weight excluding hydrogens is 382 g/mol. The molecule has 0 saturated carbocycles. The first-order valence-electron chi connectivity index (χ1n) is 7.67. The predicted octanol–water partition coefficient (Wildman–Crippen LogP) is 1.73. The summed E-state index contributed by atoms with van der Waals surface area (Å²) in [6.45, 7) is -0.625. The number of rotatable bonds is 7. The molecule has 2 rings (SSSR count). The second kappa shape index (κ2) is 8.69. The van der Waals surface area contributed by atoms with Crippen LogP contribution in [0.1, 0.15) is 12.0 Å². The molecule has 0 aromatic heterocycles. The van der Waals surface area contributed by atoms with E-state index in [-0.39, 0.29) is 23.4 Å². The van der Waals surface area contributed by atoms with Crippen LogP contribution in [0.5, 0.6) is 0 Å². The summed E-state index contributed by atoms with van der Waals surface area (Å²) in [7, 11) is -3.78. The van der Waals surface area contributed by atoms with Gasteiger partial charge in [0.15, 0.2) is 6.61 Å². The zero-order chi connectivity index (χ0) is 20.0. The number of ether oxygens (including phenoxy) is 1. The lowest BCUT2D eigenvalue weighted by atomic mass is 10.1. The molecule has 0 heterocycles. The largest absolute Gasteiger partial charge is 0.456 e. The fraction of sp³-hybridized carbons (Fsp3) is 0.176. The van der Waals surface area contributed by atoms with Gasteiger partial charge in [0, 0.05) is 12.5 Å². The highest BCUT2D eigenvalue weighted by atomic mass is 32.2. The molecule has 2 aromatic rings. The van der Waals surface area contributed by atoms with Gasteiger partial charge in [0.2, 0.25) is 10.0 Å². The summed E-state index contributed by atoms with van der Waals surface area (Å²) in [6.07, 6.45) is 0.213. The Morgan fingerprint density at radius 2 is 1.74 bits per heavy atom. The topological polar surface area (TPSA) is 116 Å². The molecule has 0 unspecified atom stereocenters. The van der Waals surface area contributed by atoms with Gasteiger partial charge in [0.1, 0.15) is 11.6 Å². The lowest BCUT2D eigenvalue weighted by molar-refractivity contribution is -0.147. The fourth-order valence-electron chi connectivity index (χ4n) is 2.09. The average Bonchev–Trinajstić information content (AvgIpc) is 2.60. The molecule has 0 aliphatic heterocycles. The van der Waals surface area contributed by atoms with E-state index in [9.17, 15) is 26.8 Å². The molecule has 3 N–H and O–H groups in total. The monoisotopic (exact) mass is 398 g/mol. The Labute approximate surface area is 154 Å². The first-order valence-corrected chi connectivity index (χ1v) is 9.22. The zero-order valence-electron chi connectivity index (χ0n) is 13.9. The van der Waals surface area contributed by atoms with Crippen molar-refractivity contribution in [3.8, 4) is 0 Å². The molecule has 144 valence electrons. The van der Waals surface area contributed by atoms with Gasteiger partial charge in [-0.1, -0.05) is 12.1 Å². The first-order chi connectivity index (χ1) is 12.6. The molecule has 0 spiro atoms. The third-order valence-electron chi connectivity index (χ3n) is 3.44. The molecular formula is C17H16F2N2O5S. The third kappa shape index (κ3) is 6.42. The average molecular weight is 398 g/mol. The van der Waals surface area contributed by atoms with Crippen LogP contribution in [0.15, 0.2) is 47.4 Å². The minimum Gasteiger partial charge on any atom is -0.456 e. The van der Waals surface area contributed by atoms with Crippen molar-refractivity contribution >= 4 is 27.6 Å². The number of nitrogens with two attached hydrogens (primary N) is 1. The number of hydrogen-bond donors (Lipinski definition) is 2. The first kappa shape index (κ1) is 20.5. The van der Waals surface area contributed by atoms with Gasteiger partial charge in [-0.05, 0) is 36.2 Å². The maximum Gasteiger partial charge on any atom is 0.306 e. The molecule has 0 radical (unpaired) electrons. The van der Waals surface area contributed by atoms with Crippen LogP contribution in [0.2, 0.25) is 0 Å². The number of halogens is 2. The van der Waals surface area contributed by atoms with Gasteiger partial charge < -0.3 is 10.1 Å². The summed E-state index contributed by atoms with van der Waals surface area (Å²) in [6, 6.07) is 8.31. The quantitative estimate of drug-likeness (QED) is 0.689. The van der Waals surface area contributed by atoms with Gasteiger partial charge in [0.05, 0.1) is 10.6 Å². The van der Waals surface area contributed by atoms with Crippen LogP contribution in [0, 0.1) is 11.6 Å². The molecule has 0 fully saturated rings. The lowest BCUT2D eigenvalue weighted by Gasteiger charge is -2.08. The summed E-state index contributed by atoms with van der Waals surface area (Å²) >= 11 is 0. The smallest absolute Gasteiger partial charge is 0.306 e. The maximum atomic E-state index is 13.4. The van der Waals surface area contributed by atoms with E-state index < -0.39 is 40.1 Å². The number of hydrogen-bond acceptors (Lipinski definition) is 5. The van der Waals surface area contributed by atoms with E-state index in [2.05, 4.69) is 5.32 Å². The number of esters is 1. The summed E-state index contributed by atoms with van der Waals surface area (Å²) in [5.41, 5.74) is 0.449. The number of anilines is 1. The van der Waals surface area contributed by atoms with E-state index in [1.165, 1.54) is 24.3 Å². The number of carbonyl (C=O) groups excluding carboxylic acids is 2. The molecule has 0 aliphatic rings. The summed E-state index contributed by atoms with van der Waals surface area (Å²) in [4.78, 5) is 23.3. The van der Waals surface area contributed by atoms with E-state index >= 15 is 0 Å². The maximum absolute atomic E-state index is 13.4. The Balaban J connectivity index is 1.78. The highest BCUT2D eigenvalue weighted by molar-refractivity contribution is 7.89. The van der Waals surface area contributed by atoms with Crippen molar-refractivity contribution in [1.82, 2.24) is 0 Å². The Bertz CT molecular complexity index is 946. The zero-order valence-corrected chi connectivity index (χ0v) is 14.8. The van der Waals surface area contributed by atoms with Gasteiger partial charge in [-0.25, -0.2) is 22.3 Å². The Morgan fingerprint density at radius 3 is 2.33 bits per heavy atom. The SMILES string of the molecule is NS(=O)(=O)c1ccc(CCC(=O)OCC(=O)Nc2ccc(F)cc2F)cc1. The molecule has 10 heteroatoms. The molecule has 27 heavy (non-hydrogen) atoms. The summed E-state index contributed by atoms with van der Waals surface area (Å²) in [5.74, 6) is -3.17. The Kier molecular flexibility index (Phi) is 6.59. The molecule has 0 bridgehead atoms. The molecule has 7 nitrogen and oxygen atoms in total. The highest BCUT2D eigenvalue weighted by Crippen LogP contribution is 2.15. The van der Waals surface area contributed by atoms with Crippen molar-refractivity contribution in [3.63, 3.8) is 0 Å². The molecule has 0 aliphatic carbocycles. The normalized spacial score (nSPS) is 11.1. The van der Waals surface area contributed by atoms with Crippen LogP contribution in [0.4, 0.5) is 14.5 Å². The summed E-state index contributed by atoms with van der Waals surface area (Å²) in [5, 5.41) is 7.15. The highest BCUT2D eigenvalue weighted by Gasteiger charge is 2.12. The van der Waals surface area contributed by atoms with Gasteiger partial charge in [-0.15, -0.1) is 0 Å². The number of benzene rings is 2. The van der Waals surface area contributed by atoms with Crippen molar-refractivity contribution in [1.29, 1.82) is 0 Å². The Hall–Kier alpha value is -2.85. The molecule has 2 aromatic carbocycles. The van der Waals surface area contributed by atoms with E-state index in [0.717, 1.165) is 12.1 Å². The van der Waals surface area contributed by atoms with Crippen LogP contribution in [-0.4, -0.2) is 26.9 Å². The van der Waals surface area contributed by atoms with Gasteiger partial charge in [0.25, 0.3) is 5.91 Å². The van der Waals surface area contributed by atoms with Crippen molar-refractivity contribution in [2.75, 3.05) is 11.9 Å². The van der Waals surface area contributed by atoms with Crippen LogP contribution in [0.25, 0.3) is 0 Å². The Morgan fingerprint density at radius 1 is 1.07 bits per heavy atom. The molecule has 1 amide bonds. The van der Waals surface area contributed by atoms with Crippen LogP contribution >= 0.6 is 0 Å². The number of nitrogens with one attached hydrogen (secondary N) is 1. The third-order valence-corrected chi connectivity index (χ3v) is 4.37. The van der Waals surface area contributed by atoms with E-state index in [0.29, 0.717) is 11.6 Å². The molecule has 0 saturated heterocycles. The minimum atomic E-state index is -3.78.